The van der Waals surface area contributed by atoms with Crippen molar-refractivity contribution in [3.05, 3.63) is 82.6 Å². The van der Waals surface area contributed by atoms with Crippen molar-refractivity contribution in [2.24, 2.45) is 32.3 Å². The van der Waals surface area contributed by atoms with Gasteiger partial charge in [-0.05, 0) is 63.5 Å². The number of aliphatic hydroxyl groups excluding tert-OH is 1. The highest BCUT2D eigenvalue weighted by Gasteiger charge is 2.57. The molecule has 0 aliphatic carbocycles. The molecule has 384 valence electrons. The average molecular weight is 1010 g/mol. The number of nitrogens with zero attached hydrogens (tertiary/aromatic N) is 3. The first-order valence-electron chi connectivity index (χ1n) is 19.7. The van der Waals surface area contributed by atoms with Crippen LogP contribution >= 0.6 is 0 Å². The number of carbonyl (C=O) groups excluding carboxylic acids is 4. The molecule has 2 rings (SSSR count). The molecule has 2 aromatic rings. The van der Waals surface area contributed by atoms with Crippen LogP contribution in [0.4, 0.5) is 62.3 Å². The molecule has 0 fully saturated rings. The van der Waals surface area contributed by atoms with Gasteiger partial charge < -0.3 is 42.0 Å². The number of aliphatic imine (C=N–C) groups is 2. The molecule has 28 heteroatoms. The maximum absolute atomic E-state index is 15.8. The van der Waals surface area contributed by atoms with Crippen LogP contribution in [-0.4, -0.2) is 117 Å². The normalized spacial score (nSPS) is 15.0. The Morgan fingerprint density at radius 3 is 1.68 bits per heavy atom. The maximum atomic E-state index is 15.8. The Kier molecular flexibility index (Phi) is 20.9. The zero-order chi connectivity index (χ0) is 52.8. The molecule has 0 heterocycles. The number of hydrazine groups is 1. The third kappa shape index (κ3) is 16.6. The third-order valence-corrected chi connectivity index (χ3v) is 10.3. The molecule has 0 aliphatic rings. The van der Waals surface area contributed by atoms with Crippen molar-refractivity contribution in [3.63, 3.8) is 0 Å². The highest BCUT2D eigenvalue weighted by atomic mass is 19.4. The van der Waals surface area contributed by atoms with Gasteiger partial charge in [-0.3, -0.25) is 15.0 Å². The summed E-state index contributed by atoms with van der Waals surface area (Å²) in [7, 11) is 1.52. The van der Waals surface area contributed by atoms with E-state index in [9.17, 15) is 68.2 Å². The Labute approximate surface area is 386 Å². The lowest BCUT2D eigenvalue weighted by Crippen LogP contribution is -2.63. The van der Waals surface area contributed by atoms with Crippen LogP contribution < -0.4 is 32.8 Å². The van der Waals surface area contributed by atoms with Gasteiger partial charge in [0.15, 0.2) is 0 Å². The predicted molar refractivity (Wildman–Crippen MR) is 225 cm³/mol. The quantitative estimate of drug-likeness (QED) is 0.0349. The minimum absolute atomic E-state index is 0.0234. The summed E-state index contributed by atoms with van der Waals surface area (Å²) in [6, 6.07) is -0.706. The summed E-state index contributed by atoms with van der Waals surface area (Å²) >= 11 is 0. The summed E-state index contributed by atoms with van der Waals surface area (Å²) in [4.78, 5) is 57.8. The van der Waals surface area contributed by atoms with E-state index in [1.54, 1.807) is 10.6 Å². The Morgan fingerprint density at radius 2 is 1.25 bits per heavy atom. The number of hydrogen-bond acceptors (Lipinski definition) is 12. The van der Waals surface area contributed by atoms with E-state index in [-0.39, 0.29) is 16.7 Å². The van der Waals surface area contributed by atoms with Crippen molar-refractivity contribution < 1.29 is 86.4 Å². The van der Waals surface area contributed by atoms with Crippen LogP contribution in [0.3, 0.4) is 0 Å². The van der Waals surface area contributed by atoms with E-state index in [2.05, 4.69) is 24.8 Å². The summed E-state index contributed by atoms with van der Waals surface area (Å²) < 4.78 is 177. The Bertz CT molecular complexity index is 2200. The molecule has 69 heavy (non-hydrogen) atoms. The molecular formula is C41H49F12N9O7. The van der Waals surface area contributed by atoms with Gasteiger partial charge in [0.1, 0.15) is 23.7 Å². The number of alkyl halides is 10. The summed E-state index contributed by atoms with van der Waals surface area (Å²) in [5.74, 6) is -6.34. The number of rotatable bonds is 21. The number of nitrogens with one attached hydrogen (secondary N) is 4. The summed E-state index contributed by atoms with van der Waals surface area (Å²) in [6.07, 6.45) is -13.4. The maximum Gasteiger partial charge on any atom is 0.407 e. The molecule has 0 radical (unpaired) electrons. The predicted octanol–water partition coefficient (Wildman–Crippen LogP) is 5.70. The molecule has 0 saturated heterocycles. The van der Waals surface area contributed by atoms with E-state index in [1.165, 1.54) is 24.3 Å². The lowest BCUT2D eigenvalue weighted by molar-refractivity contribution is -0.221. The minimum Gasteiger partial charge on any atom is -0.453 e. The van der Waals surface area contributed by atoms with Crippen LogP contribution in [0.1, 0.15) is 49.9 Å². The van der Waals surface area contributed by atoms with Crippen molar-refractivity contribution in [3.8, 4) is 0 Å². The number of nitrogens with two attached hydrogens (primary N) is 2. The number of halogens is 12. The smallest absolute Gasteiger partial charge is 0.407 e. The fraction of sp³-hybridized carbons (Fsp3) is 0.463. The van der Waals surface area contributed by atoms with E-state index in [1.807, 2.05) is 5.43 Å². The monoisotopic (exact) mass is 1010 g/mol. The van der Waals surface area contributed by atoms with E-state index in [0.717, 1.165) is 32.7 Å². The number of benzene rings is 2. The van der Waals surface area contributed by atoms with Crippen LogP contribution in [0.15, 0.2) is 58.7 Å². The van der Waals surface area contributed by atoms with Gasteiger partial charge in [0.25, 0.3) is 5.91 Å². The van der Waals surface area contributed by atoms with Crippen LogP contribution in [0.25, 0.3) is 11.3 Å². The summed E-state index contributed by atoms with van der Waals surface area (Å²) in [5.41, 5.74) is 5.32. The fourth-order valence-electron chi connectivity index (χ4n) is 5.93. The molecule has 0 unspecified atom stereocenters. The topological polar surface area (TPSA) is 235 Å². The molecule has 0 saturated carbocycles. The lowest BCUT2D eigenvalue weighted by Gasteiger charge is -2.38. The molecule has 2 aromatic carbocycles. The van der Waals surface area contributed by atoms with Crippen molar-refractivity contribution in [1.82, 2.24) is 26.4 Å². The number of hydrogen-bond donors (Lipinski definition) is 7. The molecule has 0 bridgehead atoms. The summed E-state index contributed by atoms with van der Waals surface area (Å²) in [5, 5.41) is 17.9. The highest BCUT2D eigenvalue weighted by Crippen LogP contribution is 2.42. The second kappa shape index (κ2) is 24.6. The zero-order valence-electron chi connectivity index (χ0n) is 37.3. The standard InChI is InChI=1S/C41H49F12N9O7/c1-38(2,40(48,49)50)30(59-36(66)68-5)32(64)58-28(13-20-7-9-21(10-8-20)23(16-54)17-57-35(46)47)29(63)19-62(61-33(65)31(60-37(67)69-6)39(3,4)41(51,52)53)18-24-25(42)14-22(15-26(24)43)27(55)11-12-56-34(44)45/h7-12,14-17,28-31,34-35,63H,13,18-19,54-55H2,1-6H3,(H,58,64)(H,59,66)(H,60,67)(H,61,65)/t28-,29-,30+,31+/m0/s1. The largest absolute Gasteiger partial charge is 0.453 e. The van der Waals surface area contributed by atoms with Crippen molar-refractivity contribution in [2.75, 3.05) is 20.8 Å². The first-order valence-corrected chi connectivity index (χ1v) is 19.7. The molecule has 0 aromatic heterocycles. The first-order chi connectivity index (χ1) is 31.8. The number of methoxy groups -OCH3 is 2. The molecule has 0 aliphatic heterocycles. The van der Waals surface area contributed by atoms with Crippen LogP contribution in [0.5, 0.6) is 0 Å². The van der Waals surface area contributed by atoms with Gasteiger partial charge in [-0.25, -0.2) is 33.4 Å². The van der Waals surface area contributed by atoms with Gasteiger partial charge in [-0.1, -0.05) is 24.3 Å². The van der Waals surface area contributed by atoms with Crippen molar-refractivity contribution in [1.29, 1.82) is 0 Å². The number of alkyl carbamates (subject to hydrolysis) is 2. The van der Waals surface area contributed by atoms with Crippen LogP contribution in [-0.2, 0) is 32.0 Å². The Hall–Kier alpha value is -6.58. The van der Waals surface area contributed by atoms with Gasteiger partial charge in [-0.2, -0.15) is 43.9 Å². The van der Waals surface area contributed by atoms with Crippen LogP contribution in [0.2, 0.25) is 0 Å². The SMILES string of the molecule is COC(=O)N[C@H](C(=O)N[C@@H](Cc1ccc(C(C=NC(F)F)=CN)cc1)[C@@H](O)CN(Cc1c(F)cc(C(N)=CC=NC(F)F)cc1F)NC(=O)[C@@H](NC(=O)OC)C(C)(C)C(F)(F)F)C(C)(C)C(F)(F)F. The average Bonchev–Trinajstić information content (AvgIpc) is 3.24. The molecule has 9 N–H and O–H groups in total. The molecule has 4 atom stereocenters. The molecule has 4 amide bonds. The first kappa shape index (κ1) is 58.5. The van der Waals surface area contributed by atoms with Crippen molar-refractivity contribution in [2.45, 2.75) is 90.3 Å². The highest BCUT2D eigenvalue weighted by molar-refractivity contribution is 6.09. The third-order valence-electron chi connectivity index (χ3n) is 10.3. The van der Waals surface area contributed by atoms with E-state index in [4.69, 9.17) is 11.5 Å². The van der Waals surface area contributed by atoms with E-state index < -0.39 is 132 Å². The fourth-order valence-corrected chi connectivity index (χ4v) is 5.93. The minimum atomic E-state index is -5.26. The molecular weight excluding hydrogens is 958 g/mol. The number of amides is 4. The lowest BCUT2D eigenvalue weighted by atomic mass is 9.82. The Morgan fingerprint density at radius 1 is 0.768 bits per heavy atom. The van der Waals surface area contributed by atoms with E-state index >= 15 is 8.78 Å². The molecule has 16 nitrogen and oxygen atoms in total. The van der Waals surface area contributed by atoms with Crippen molar-refractivity contribution >= 4 is 47.7 Å². The van der Waals surface area contributed by atoms with Gasteiger partial charge in [0.2, 0.25) is 5.91 Å². The number of ether oxygens (including phenoxy) is 2. The van der Waals surface area contributed by atoms with Crippen LogP contribution in [0, 0.1) is 22.5 Å². The molecule has 0 spiro atoms. The van der Waals surface area contributed by atoms with Gasteiger partial charge in [0, 0.05) is 54.1 Å². The zero-order valence-corrected chi connectivity index (χ0v) is 37.3. The second-order valence-corrected chi connectivity index (χ2v) is 15.8. The number of carbonyl (C=O) groups is 4. The van der Waals surface area contributed by atoms with Gasteiger partial charge >= 0.3 is 37.6 Å². The Balaban J connectivity index is 2.87. The van der Waals surface area contributed by atoms with E-state index in [0.29, 0.717) is 51.1 Å². The van der Waals surface area contributed by atoms with Gasteiger partial charge in [0.05, 0.1) is 37.2 Å². The second-order valence-electron chi connectivity index (χ2n) is 15.8. The van der Waals surface area contributed by atoms with Gasteiger partial charge in [-0.15, -0.1) is 0 Å². The summed E-state index contributed by atoms with van der Waals surface area (Å²) in [6.45, 7) is -6.65. The number of allylic oxidation sites excluding steroid dienone is 2. The number of aliphatic hydroxyl groups is 1.